The third-order valence-corrected chi connectivity index (χ3v) is 4.09. The first kappa shape index (κ1) is 12.6. The van der Waals surface area contributed by atoms with Crippen LogP contribution in [-0.4, -0.2) is 10.1 Å². The molecule has 0 spiro atoms. The monoisotopic (exact) mass is 273 g/mol. The molecule has 1 fully saturated rings. The van der Waals surface area contributed by atoms with Gasteiger partial charge in [0.1, 0.15) is 6.10 Å². The fraction of sp³-hybridized carbons (Fsp3) is 0.312. The number of aliphatic hydroxyl groups is 1. The molecule has 0 amide bonds. The quantitative estimate of drug-likeness (QED) is 0.914. The standard InChI is InChI=1S/C16H16ClNO/c17-12-8-9-15(18-10-12)16(19)14-7-2-1-6-13(14)11-4-3-5-11/h1-2,6-11,16,19H,3-5H2. The summed E-state index contributed by atoms with van der Waals surface area (Å²) < 4.78 is 0. The van der Waals surface area contributed by atoms with Crippen LogP contribution < -0.4 is 0 Å². The molecule has 0 aliphatic heterocycles. The summed E-state index contributed by atoms with van der Waals surface area (Å²) in [6, 6.07) is 11.7. The normalized spacial score (nSPS) is 16.9. The molecule has 1 aromatic heterocycles. The Balaban J connectivity index is 1.94. The van der Waals surface area contributed by atoms with Crippen LogP contribution in [0.5, 0.6) is 0 Å². The molecule has 1 heterocycles. The van der Waals surface area contributed by atoms with Gasteiger partial charge in [-0.3, -0.25) is 4.98 Å². The molecule has 0 radical (unpaired) electrons. The fourth-order valence-electron chi connectivity index (χ4n) is 2.56. The van der Waals surface area contributed by atoms with E-state index in [-0.39, 0.29) is 0 Å². The van der Waals surface area contributed by atoms with Crippen molar-refractivity contribution in [1.82, 2.24) is 4.98 Å². The first-order valence-corrected chi connectivity index (χ1v) is 7.02. The highest BCUT2D eigenvalue weighted by molar-refractivity contribution is 6.30. The van der Waals surface area contributed by atoms with Gasteiger partial charge in [-0.15, -0.1) is 0 Å². The minimum Gasteiger partial charge on any atom is -0.382 e. The molecular weight excluding hydrogens is 258 g/mol. The van der Waals surface area contributed by atoms with Gasteiger partial charge in [-0.2, -0.15) is 0 Å². The lowest BCUT2D eigenvalue weighted by molar-refractivity contribution is 0.212. The molecule has 1 aliphatic carbocycles. The fourth-order valence-corrected chi connectivity index (χ4v) is 2.67. The number of halogens is 1. The summed E-state index contributed by atoms with van der Waals surface area (Å²) in [4.78, 5) is 4.22. The predicted octanol–water partition coefficient (Wildman–Crippen LogP) is 4.08. The van der Waals surface area contributed by atoms with Crippen molar-refractivity contribution in [2.75, 3.05) is 0 Å². The second-order valence-corrected chi connectivity index (χ2v) is 5.50. The van der Waals surface area contributed by atoms with E-state index < -0.39 is 6.10 Å². The number of aromatic nitrogens is 1. The van der Waals surface area contributed by atoms with E-state index in [0.717, 1.165) is 5.56 Å². The maximum Gasteiger partial charge on any atom is 0.121 e. The molecule has 3 rings (SSSR count). The Labute approximate surface area is 118 Å². The molecule has 1 aromatic carbocycles. The molecule has 0 saturated heterocycles. The van der Waals surface area contributed by atoms with Crippen LogP contribution in [-0.2, 0) is 0 Å². The Bertz CT molecular complexity index is 563. The van der Waals surface area contributed by atoms with E-state index in [2.05, 4.69) is 11.1 Å². The number of pyridine rings is 1. The summed E-state index contributed by atoms with van der Waals surface area (Å²) in [5.74, 6) is 0.596. The van der Waals surface area contributed by atoms with Crippen LogP contribution >= 0.6 is 11.6 Å². The first-order valence-electron chi connectivity index (χ1n) is 6.64. The van der Waals surface area contributed by atoms with Crippen molar-refractivity contribution in [3.63, 3.8) is 0 Å². The highest BCUT2D eigenvalue weighted by atomic mass is 35.5. The highest BCUT2D eigenvalue weighted by Crippen LogP contribution is 2.40. The molecule has 3 heteroatoms. The third-order valence-electron chi connectivity index (χ3n) is 3.87. The minimum absolute atomic E-state index is 0.586. The van der Waals surface area contributed by atoms with Crippen molar-refractivity contribution in [2.24, 2.45) is 0 Å². The average molecular weight is 274 g/mol. The summed E-state index contributed by atoms with van der Waals surface area (Å²) in [6.07, 6.45) is 4.63. The van der Waals surface area contributed by atoms with E-state index in [4.69, 9.17) is 11.6 Å². The lowest BCUT2D eigenvalue weighted by atomic mass is 9.77. The largest absolute Gasteiger partial charge is 0.382 e. The zero-order chi connectivity index (χ0) is 13.2. The van der Waals surface area contributed by atoms with Crippen molar-refractivity contribution >= 4 is 11.6 Å². The van der Waals surface area contributed by atoms with Gasteiger partial charge in [0.05, 0.1) is 10.7 Å². The van der Waals surface area contributed by atoms with Gasteiger partial charge in [0, 0.05) is 6.20 Å². The Morgan fingerprint density at radius 3 is 2.58 bits per heavy atom. The van der Waals surface area contributed by atoms with Gasteiger partial charge in [0.15, 0.2) is 0 Å². The molecule has 1 aliphatic rings. The molecule has 0 bridgehead atoms. The van der Waals surface area contributed by atoms with E-state index in [1.807, 2.05) is 18.2 Å². The zero-order valence-corrected chi connectivity index (χ0v) is 11.3. The molecule has 2 aromatic rings. The number of benzene rings is 1. The van der Waals surface area contributed by atoms with Gasteiger partial charge >= 0.3 is 0 Å². The second-order valence-electron chi connectivity index (χ2n) is 5.06. The molecule has 98 valence electrons. The van der Waals surface area contributed by atoms with Crippen LogP contribution in [0.2, 0.25) is 5.02 Å². The van der Waals surface area contributed by atoms with Gasteiger partial charge in [-0.25, -0.2) is 0 Å². The van der Waals surface area contributed by atoms with E-state index in [1.165, 1.54) is 24.8 Å². The Hall–Kier alpha value is -1.38. The average Bonchev–Trinajstić information content (AvgIpc) is 2.37. The van der Waals surface area contributed by atoms with Crippen molar-refractivity contribution in [2.45, 2.75) is 31.3 Å². The smallest absolute Gasteiger partial charge is 0.121 e. The topological polar surface area (TPSA) is 33.1 Å². The van der Waals surface area contributed by atoms with Gasteiger partial charge < -0.3 is 5.11 Å². The molecule has 1 N–H and O–H groups in total. The van der Waals surface area contributed by atoms with Crippen molar-refractivity contribution in [3.8, 4) is 0 Å². The second kappa shape index (κ2) is 5.32. The molecule has 1 unspecified atom stereocenters. The molecule has 2 nitrogen and oxygen atoms in total. The van der Waals surface area contributed by atoms with Gasteiger partial charge in [0.25, 0.3) is 0 Å². The summed E-state index contributed by atoms with van der Waals surface area (Å²) in [7, 11) is 0. The van der Waals surface area contributed by atoms with Crippen LogP contribution in [0.3, 0.4) is 0 Å². The summed E-state index contributed by atoms with van der Waals surface area (Å²) in [5.41, 5.74) is 2.89. The SMILES string of the molecule is OC(c1ccc(Cl)cn1)c1ccccc1C1CCC1. The highest BCUT2D eigenvalue weighted by Gasteiger charge is 2.25. The number of rotatable bonds is 3. The summed E-state index contributed by atoms with van der Waals surface area (Å²) in [6.45, 7) is 0. The van der Waals surface area contributed by atoms with Crippen molar-refractivity contribution in [1.29, 1.82) is 0 Å². The minimum atomic E-state index is -0.672. The summed E-state index contributed by atoms with van der Waals surface area (Å²) >= 11 is 5.83. The van der Waals surface area contributed by atoms with Crippen molar-refractivity contribution in [3.05, 3.63) is 64.4 Å². The van der Waals surface area contributed by atoms with Gasteiger partial charge in [0.2, 0.25) is 0 Å². The van der Waals surface area contributed by atoms with E-state index in [9.17, 15) is 5.11 Å². The Morgan fingerprint density at radius 1 is 1.16 bits per heavy atom. The lowest BCUT2D eigenvalue weighted by Gasteiger charge is -2.29. The summed E-state index contributed by atoms with van der Waals surface area (Å²) in [5, 5.41) is 11.1. The van der Waals surface area contributed by atoms with Gasteiger partial charge in [-0.05, 0) is 42.0 Å². The maximum atomic E-state index is 10.5. The van der Waals surface area contributed by atoms with Gasteiger partial charge in [-0.1, -0.05) is 42.3 Å². The van der Waals surface area contributed by atoms with Crippen LogP contribution in [0.1, 0.15) is 48.1 Å². The first-order chi connectivity index (χ1) is 9.25. The van der Waals surface area contributed by atoms with E-state index in [1.54, 1.807) is 18.3 Å². The number of hydrogen-bond donors (Lipinski definition) is 1. The zero-order valence-electron chi connectivity index (χ0n) is 10.6. The molecule has 19 heavy (non-hydrogen) atoms. The Kier molecular flexibility index (Phi) is 3.54. The van der Waals surface area contributed by atoms with E-state index in [0.29, 0.717) is 16.6 Å². The Morgan fingerprint density at radius 2 is 1.95 bits per heavy atom. The lowest BCUT2D eigenvalue weighted by Crippen LogP contribution is -2.14. The number of hydrogen-bond acceptors (Lipinski definition) is 2. The number of aliphatic hydroxyl groups excluding tert-OH is 1. The molecule has 1 saturated carbocycles. The predicted molar refractivity (Wildman–Crippen MR) is 76.3 cm³/mol. The molecule has 1 atom stereocenters. The number of nitrogens with zero attached hydrogens (tertiary/aromatic N) is 1. The van der Waals surface area contributed by atoms with Crippen LogP contribution in [0.25, 0.3) is 0 Å². The van der Waals surface area contributed by atoms with Crippen LogP contribution in [0.15, 0.2) is 42.6 Å². The van der Waals surface area contributed by atoms with Crippen LogP contribution in [0, 0.1) is 0 Å². The molecular formula is C16H16ClNO. The maximum absolute atomic E-state index is 10.5. The third kappa shape index (κ3) is 2.51. The van der Waals surface area contributed by atoms with Crippen LogP contribution in [0.4, 0.5) is 0 Å². The van der Waals surface area contributed by atoms with E-state index >= 15 is 0 Å². The van der Waals surface area contributed by atoms with Crippen molar-refractivity contribution < 1.29 is 5.11 Å².